The molecule has 0 bridgehead atoms. The average Bonchev–Trinajstić information content (AvgIpc) is 2.81. The maximum Gasteiger partial charge on any atom is 0.305 e. The van der Waals surface area contributed by atoms with Crippen LogP contribution in [0.3, 0.4) is 0 Å². The Morgan fingerprint density at radius 1 is 1.35 bits per heavy atom. The number of hydrogen-bond donors (Lipinski definition) is 1. The highest BCUT2D eigenvalue weighted by Gasteiger charge is 2.10. The molecule has 0 radical (unpaired) electrons. The van der Waals surface area contributed by atoms with E-state index in [-0.39, 0.29) is 6.42 Å². The lowest BCUT2D eigenvalue weighted by atomic mass is 10.2. The van der Waals surface area contributed by atoms with Crippen molar-refractivity contribution in [2.24, 2.45) is 7.05 Å². The van der Waals surface area contributed by atoms with Crippen molar-refractivity contribution < 1.29 is 9.90 Å². The molecule has 0 atom stereocenters. The van der Waals surface area contributed by atoms with Crippen molar-refractivity contribution in [2.45, 2.75) is 19.9 Å². The molecule has 1 aromatic carbocycles. The first-order valence-electron chi connectivity index (χ1n) is 6.55. The molecule has 0 amide bonds. The van der Waals surface area contributed by atoms with Crippen LogP contribution in [-0.4, -0.2) is 27.4 Å². The molecule has 0 spiro atoms. The van der Waals surface area contributed by atoms with Gasteiger partial charge in [0.15, 0.2) is 0 Å². The molecule has 106 valence electrons. The summed E-state index contributed by atoms with van der Waals surface area (Å²) in [6.45, 7) is 3.17. The van der Waals surface area contributed by atoms with Crippen LogP contribution in [-0.2, 0) is 18.4 Å². The number of rotatable bonds is 6. The summed E-state index contributed by atoms with van der Waals surface area (Å²) in [5.74, 6) is -0.784. The third-order valence-corrected chi connectivity index (χ3v) is 3.13. The zero-order chi connectivity index (χ0) is 14.5. The third kappa shape index (κ3) is 3.85. The molecule has 20 heavy (non-hydrogen) atoms. The highest BCUT2D eigenvalue weighted by molar-refractivity contribution is 5.67. The molecule has 0 aliphatic rings. The summed E-state index contributed by atoms with van der Waals surface area (Å²) in [7, 11) is 1.87. The number of hydrogen-bond acceptors (Lipinski definition) is 3. The number of carboxylic acid groups (broad SMARTS) is 1. The number of carbonyl (C=O) groups is 1. The second-order valence-electron chi connectivity index (χ2n) is 4.92. The maximum absolute atomic E-state index is 10.8. The largest absolute Gasteiger partial charge is 0.481 e. The predicted molar refractivity (Wildman–Crippen MR) is 77.7 cm³/mol. The molecule has 1 heterocycles. The number of benzene rings is 1. The Balaban J connectivity index is 2.15. The molecule has 1 aromatic heterocycles. The van der Waals surface area contributed by atoms with Gasteiger partial charge in [0.1, 0.15) is 0 Å². The minimum absolute atomic E-state index is 0.119. The summed E-state index contributed by atoms with van der Waals surface area (Å²) in [5.41, 5.74) is 3.28. The second kappa shape index (κ2) is 6.23. The first kappa shape index (κ1) is 14.1. The van der Waals surface area contributed by atoms with E-state index in [0.29, 0.717) is 13.1 Å². The Kier molecular flexibility index (Phi) is 4.40. The fourth-order valence-corrected chi connectivity index (χ4v) is 2.06. The van der Waals surface area contributed by atoms with Gasteiger partial charge in [-0.1, -0.05) is 17.7 Å². The molecular weight excluding hydrogens is 254 g/mol. The minimum atomic E-state index is -0.784. The topological polar surface area (TPSA) is 58.4 Å². The molecule has 0 saturated heterocycles. The summed E-state index contributed by atoms with van der Waals surface area (Å²) in [6, 6.07) is 8.11. The van der Waals surface area contributed by atoms with Crippen molar-refractivity contribution in [3.8, 4) is 0 Å². The van der Waals surface area contributed by atoms with Crippen LogP contribution in [0.25, 0.3) is 0 Å². The van der Waals surface area contributed by atoms with Gasteiger partial charge in [0.2, 0.25) is 0 Å². The van der Waals surface area contributed by atoms with E-state index in [4.69, 9.17) is 5.11 Å². The molecule has 0 saturated carbocycles. The van der Waals surface area contributed by atoms with E-state index in [2.05, 4.69) is 10.00 Å². The lowest BCUT2D eigenvalue weighted by Gasteiger charge is -2.23. The van der Waals surface area contributed by atoms with Crippen LogP contribution in [0.5, 0.6) is 0 Å². The van der Waals surface area contributed by atoms with Crippen molar-refractivity contribution in [1.29, 1.82) is 0 Å². The molecule has 2 rings (SSSR count). The fourth-order valence-electron chi connectivity index (χ4n) is 2.06. The number of aliphatic carboxylic acids is 1. The number of aryl methyl sites for hydroxylation is 2. The molecule has 0 aliphatic heterocycles. The summed E-state index contributed by atoms with van der Waals surface area (Å²) in [5, 5.41) is 13.0. The van der Waals surface area contributed by atoms with E-state index < -0.39 is 5.97 Å². The van der Waals surface area contributed by atoms with E-state index in [0.717, 1.165) is 11.3 Å². The molecule has 1 N–H and O–H groups in total. The summed E-state index contributed by atoms with van der Waals surface area (Å²) in [4.78, 5) is 12.9. The van der Waals surface area contributed by atoms with E-state index in [9.17, 15) is 4.79 Å². The van der Waals surface area contributed by atoms with Gasteiger partial charge in [0, 0.05) is 37.6 Å². The maximum atomic E-state index is 10.8. The van der Waals surface area contributed by atoms with Gasteiger partial charge < -0.3 is 10.0 Å². The number of carboxylic acids is 1. The Morgan fingerprint density at radius 3 is 2.60 bits per heavy atom. The van der Waals surface area contributed by atoms with Crippen molar-refractivity contribution in [1.82, 2.24) is 9.78 Å². The summed E-state index contributed by atoms with van der Waals surface area (Å²) >= 11 is 0. The van der Waals surface area contributed by atoms with E-state index in [1.165, 1.54) is 5.56 Å². The van der Waals surface area contributed by atoms with Crippen molar-refractivity contribution in [2.75, 3.05) is 11.4 Å². The van der Waals surface area contributed by atoms with Gasteiger partial charge in [-0.05, 0) is 19.1 Å². The first-order valence-corrected chi connectivity index (χ1v) is 6.55. The second-order valence-corrected chi connectivity index (χ2v) is 4.92. The van der Waals surface area contributed by atoms with Gasteiger partial charge in [-0.2, -0.15) is 5.10 Å². The quantitative estimate of drug-likeness (QED) is 0.876. The summed E-state index contributed by atoms with van der Waals surface area (Å²) < 4.78 is 1.75. The molecule has 5 heteroatoms. The smallest absolute Gasteiger partial charge is 0.305 e. The summed E-state index contributed by atoms with van der Waals surface area (Å²) in [6.07, 6.45) is 3.87. The van der Waals surface area contributed by atoms with Crippen LogP contribution in [0.4, 0.5) is 5.69 Å². The van der Waals surface area contributed by atoms with Gasteiger partial charge in [-0.15, -0.1) is 0 Å². The highest BCUT2D eigenvalue weighted by atomic mass is 16.4. The Bertz CT molecular complexity index is 575. The zero-order valence-electron chi connectivity index (χ0n) is 11.8. The first-order chi connectivity index (χ1) is 9.54. The van der Waals surface area contributed by atoms with Gasteiger partial charge >= 0.3 is 5.97 Å². The fraction of sp³-hybridized carbons (Fsp3) is 0.333. The number of aromatic nitrogens is 2. The van der Waals surface area contributed by atoms with Crippen LogP contribution >= 0.6 is 0 Å². The zero-order valence-corrected chi connectivity index (χ0v) is 11.8. The molecule has 5 nitrogen and oxygen atoms in total. The van der Waals surface area contributed by atoms with Gasteiger partial charge in [0.25, 0.3) is 0 Å². The van der Waals surface area contributed by atoms with Crippen LogP contribution in [0, 0.1) is 6.92 Å². The van der Waals surface area contributed by atoms with E-state index in [1.54, 1.807) is 4.68 Å². The van der Waals surface area contributed by atoms with Gasteiger partial charge in [0.05, 0.1) is 12.6 Å². The van der Waals surface area contributed by atoms with E-state index in [1.807, 2.05) is 50.6 Å². The Hall–Kier alpha value is -2.30. The molecule has 2 aromatic rings. The predicted octanol–water partition coefficient (Wildman–Crippen LogP) is 2.21. The van der Waals surface area contributed by atoms with Crippen LogP contribution in [0.1, 0.15) is 17.5 Å². The van der Waals surface area contributed by atoms with Gasteiger partial charge in [-0.3, -0.25) is 9.48 Å². The van der Waals surface area contributed by atoms with Crippen molar-refractivity contribution in [3.05, 3.63) is 47.8 Å². The average molecular weight is 273 g/mol. The SMILES string of the molecule is Cc1ccc(N(CCC(=O)O)Cc2cnn(C)c2)cc1. The highest BCUT2D eigenvalue weighted by Crippen LogP contribution is 2.18. The number of nitrogens with zero attached hydrogens (tertiary/aromatic N) is 3. The third-order valence-electron chi connectivity index (χ3n) is 3.13. The normalized spacial score (nSPS) is 10.5. The molecular formula is C15H19N3O2. The Morgan fingerprint density at radius 2 is 2.05 bits per heavy atom. The molecule has 0 fully saturated rings. The van der Waals surface area contributed by atoms with Crippen LogP contribution in [0.2, 0.25) is 0 Å². The van der Waals surface area contributed by atoms with Crippen LogP contribution < -0.4 is 4.90 Å². The standard InChI is InChI=1S/C15H19N3O2/c1-12-3-5-14(6-4-12)18(8-7-15(19)20)11-13-9-16-17(2)10-13/h3-6,9-10H,7-8,11H2,1-2H3,(H,19,20). The lowest BCUT2D eigenvalue weighted by Crippen LogP contribution is -2.25. The number of anilines is 1. The Labute approximate surface area is 118 Å². The monoisotopic (exact) mass is 273 g/mol. The minimum Gasteiger partial charge on any atom is -0.481 e. The van der Waals surface area contributed by atoms with Crippen LogP contribution in [0.15, 0.2) is 36.7 Å². The van der Waals surface area contributed by atoms with Crippen molar-refractivity contribution in [3.63, 3.8) is 0 Å². The van der Waals surface area contributed by atoms with Gasteiger partial charge in [-0.25, -0.2) is 0 Å². The van der Waals surface area contributed by atoms with E-state index >= 15 is 0 Å². The lowest BCUT2D eigenvalue weighted by molar-refractivity contribution is -0.136. The molecule has 0 aliphatic carbocycles. The van der Waals surface area contributed by atoms with Crippen molar-refractivity contribution >= 4 is 11.7 Å². The molecule has 0 unspecified atom stereocenters.